The van der Waals surface area contributed by atoms with Gasteiger partial charge in [0.15, 0.2) is 0 Å². The standard InChI is InChI=1S/C11H16N2O3/c1-2-3-10(15)12-5-4-11(16)13(7-6-12)8-9-14/h2-3,9H,4-8H2,1H3. The molecule has 0 unspecified atom stereocenters. The summed E-state index contributed by atoms with van der Waals surface area (Å²) >= 11 is 0. The highest BCUT2D eigenvalue weighted by Crippen LogP contribution is 2.04. The van der Waals surface area contributed by atoms with Crippen molar-refractivity contribution < 1.29 is 14.4 Å². The third kappa shape index (κ3) is 3.18. The van der Waals surface area contributed by atoms with Crippen LogP contribution in [0.1, 0.15) is 13.3 Å². The number of carbonyl (C=O) groups is 3. The predicted molar refractivity (Wildman–Crippen MR) is 58.7 cm³/mol. The lowest BCUT2D eigenvalue weighted by atomic mass is 10.3. The highest BCUT2D eigenvalue weighted by molar-refractivity contribution is 5.88. The molecule has 0 aromatic heterocycles. The molecular formula is C11H16N2O3. The van der Waals surface area contributed by atoms with Gasteiger partial charge in [0.1, 0.15) is 6.29 Å². The van der Waals surface area contributed by atoms with E-state index in [2.05, 4.69) is 0 Å². The number of aldehydes is 1. The zero-order chi connectivity index (χ0) is 12.0. The van der Waals surface area contributed by atoms with Crippen molar-refractivity contribution in [3.05, 3.63) is 12.2 Å². The Bertz CT molecular complexity index is 312. The van der Waals surface area contributed by atoms with Gasteiger partial charge in [-0.05, 0) is 13.0 Å². The number of hydrogen-bond donors (Lipinski definition) is 0. The van der Waals surface area contributed by atoms with Gasteiger partial charge >= 0.3 is 0 Å². The van der Waals surface area contributed by atoms with E-state index in [1.54, 1.807) is 17.9 Å². The van der Waals surface area contributed by atoms with Crippen molar-refractivity contribution in [3.63, 3.8) is 0 Å². The molecule has 1 saturated heterocycles. The molecule has 0 spiro atoms. The van der Waals surface area contributed by atoms with Crippen LogP contribution in [0.15, 0.2) is 12.2 Å². The lowest BCUT2D eigenvalue weighted by molar-refractivity contribution is -0.132. The van der Waals surface area contributed by atoms with Crippen LogP contribution in [0.4, 0.5) is 0 Å². The Labute approximate surface area is 94.7 Å². The van der Waals surface area contributed by atoms with Crippen LogP contribution in [0.2, 0.25) is 0 Å². The first-order valence-corrected chi connectivity index (χ1v) is 5.32. The minimum absolute atomic E-state index is 0.0668. The Morgan fingerprint density at radius 1 is 1.38 bits per heavy atom. The molecule has 16 heavy (non-hydrogen) atoms. The van der Waals surface area contributed by atoms with E-state index in [4.69, 9.17) is 0 Å². The van der Waals surface area contributed by atoms with Crippen LogP contribution in [0, 0.1) is 0 Å². The molecule has 0 aliphatic carbocycles. The van der Waals surface area contributed by atoms with Gasteiger partial charge in [0.2, 0.25) is 11.8 Å². The average Bonchev–Trinajstić information content (AvgIpc) is 2.43. The summed E-state index contributed by atoms with van der Waals surface area (Å²) in [4.78, 5) is 36.6. The van der Waals surface area contributed by atoms with Crippen molar-refractivity contribution in [2.45, 2.75) is 13.3 Å². The minimum Gasteiger partial charge on any atom is -0.337 e. The second-order valence-corrected chi connectivity index (χ2v) is 3.58. The zero-order valence-corrected chi connectivity index (χ0v) is 9.39. The van der Waals surface area contributed by atoms with Crippen LogP contribution < -0.4 is 0 Å². The summed E-state index contributed by atoms with van der Waals surface area (Å²) in [5.74, 6) is -0.147. The van der Waals surface area contributed by atoms with Gasteiger partial charge < -0.3 is 14.6 Å². The normalized spacial score (nSPS) is 17.7. The van der Waals surface area contributed by atoms with Crippen molar-refractivity contribution in [1.82, 2.24) is 9.80 Å². The Kier molecular flexibility index (Phi) is 4.69. The maximum atomic E-state index is 11.6. The van der Waals surface area contributed by atoms with Crippen molar-refractivity contribution >= 4 is 18.1 Å². The first-order valence-electron chi connectivity index (χ1n) is 5.32. The monoisotopic (exact) mass is 224 g/mol. The Morgan fingerprint density at radius 2 is 2.12 bits per heavy atom. The number of amides is 2. The van der Waals surface area contributed by atoms with Crippen molar-refractivity contribution in [3.8, 4) is 0 Å². The fraction of sp³-hybridized carbons (Fsp3) is 0.545. The maximum Gasteiger partial charge on any atom is 0.246 e. The fourth-order valence-electron chi connectivity index (χ4n) is 1.62. The summed E-state index contributed by atoms with van der Waals surface area (Å²) in [6.07, 6.45) is 4.16. The highest BCUT2D eigenvalue weighted by atomic mass is 16.2. The first-order chi connectivity index (χ1) is 7.69. The molecule has 5 nitrogen and oxygen atoms in total. The molecule has 1 rings (SSSR count). The number of carbonyl (C=O) groups excluding carboxylic acids is 3. The largest absolute Gasteiger partial charge is 0.337 e. The van der Waals surface area contributed by atoms with Crippen LogP contribution in [-0.2, 0) is 14.4 Å². The van der Waals surface area contributed by atoms with Gasteiger partial charge in [0.05, 0.1) is 6.54 Å². The number of allylic oxidation sites excluding steroid dienone is 1. The average molecular weight is 224 g/mol. The van der Waals surface area contributed by atoms with Crippen molar-refractivity contribution in [2.75, 3.05) is 26.2 Å². The molecule has 0 atom stereocenters. The molecule has 1 aliphatic heterocycles. The predicted octanol–water partition coefficient (Wildman–Crippen LogP) is -0.178. The van der Waals surface area contributed by atoms with E-state index in [1.165, 1.54) is 11.0 Å². The Balaban J connectivity index is 2.60. The molecule has 0 saturated carbocycles. The fourth-order valence-corrected chi connectivity index (χ4v) is 1.62. The summed E-state index contributed by atoms with van der Waals surface area (Å²) in [6.45, 7) is 3.24. The molecule has 0 N–H and O–H groups in total. The molecule has 0 bridgehead atoms. The number of hydrogen-bond acceptors (Lipinski definition) is 3. The van der Waals surface area contributed by atoms with E-state index in [-0.39, 0.29) is 24.8 Å². The first kappa shape index (κ1) is 12.4. The summed E-state index contributed by atoms with van der Waals surface area (Å²) < 4.78 is 0. The highest BCUT2D eigenvalue weighted by Gasteiger charge is 2.21. The Morgan fingerprint density at radius 3 is 2.75 bits per heavy atom. The molecule has 1 heterocycles. The van der Waals surface area contributed by atoms with Crippen molar-refractivity contribution in [1.29, 1.82) is 0 Å². The third-order valence-electron chi connectivity index (χ3n) is 2.50. The molecule has 2 amide bonds. The molecule has 1 fully saturated rings. The topological polar surface area (TPSA) is 57.7 Å². The van der Waals surface area contributed by atoms with E-state index in [0.717, 1.165) is 0 Å². The van der Waals surface area contributed by atoms with Gasteiger partial charge in [0, 0.05) is 26.1 Å². The van der Waals surface area contributed by atoms with E-state index in [9.17, 15) is 14.4 Å². The lowest BCUT2D eigenvalue weighted by Gasteiger charge is -2.19. The van der Waals surface area contributed by atoms with Crippen LogP contribution in [-0.4, -0.2) is 54.1 Å². The van der Waals surface area contributed by atoms with Crippen LogP contribution >= 0.6 is 0 Å². The summed E-state index contributed by atoms with van der Waals surface area (Å²) in [5, 5.41) is 0. The van der Waals surface area contributed by atoms with E-state index < -0.39 is 0 Å². The van der Waals surface area contributed by atoms with E-state index >= 15 is 0 Å². The van der Waals surface area contributed by atoms with Gasteiger partial charge in [-0.3, -0.25) is 9.59 Å². The zero-order valence-electron chi connectivity index (χ0n) is 9.39. The third-order valence-corrected chi connectivity index (χ3v) is 2.50. The lowest BCUT2D eigenvalue weighted by Crippen LogP contribution is -2.36. The Hall–Kier alpha value is -1.65. The van der Waals surface area contributed by atoms with Crippen molar-refractivity contribution in [2.24, 2.45) is 0 Å². The number of nitrogens with zero attached hydrogens (tertiary/aromatic N) is 2. The van der Waals surface area contributed by atoms with E-state index in [1.807, 2.05) is 0 Å². The molecule has 1 aliphatic rings. The molecule has 0 aromatic carbocycles. The van der Waals surface area contributed by atoms with Gasteiger partial charge in [-0.25, -0.2) is 0 Å². The molecule has 5 heteroatoms. The quantitative estimate of drug-likeness (QED) is 0.493. The summed E-state index contributed by atoms with van der Waals surface area (Å²) in [6, 6.07) is 0. The molecule has 88 valence electrons. The second kappa shape index (κ2) is 6.05. The smallest absolute Gasteiger partial charge is 0.246 e. The maximum absolute atomic E-state index is 11.6. The molecule has 0 aromatic rings. The van der Waals surface area contributed by atoms with Gasteiger partial charge in [-0.2, -0.15) is 0 Å². The van der Waals surface area contributed by atoms with Gasteiger partial charge in [-0.15, -0.1) is 0 Å². The summed E-state index contributed by atoms with van der Waals surface area (Å²) in [7, 11) is 0. The van der Waals surface area contributed by atoms with Crippen LogP contribution in [0.25, 0.3) is 0 Å². The molecule has 0 radical (unpaired) electrons. The van der Waals surface area contributed by atoms with Crippen LogP contribution in [0.3, 0.4) is 0 Å². The van der Waals surface area contributed by atoms with E-state index in [0.29, 0.717) is 25.9 Å². The number of rotatable bonds is 3. The second-order valence-electron chi connectivity index (χ2n) is 3.58. The van der Waals surface area contributed by atoms with Gasteiger partial charge in [0.25, 0.3) is 0 Å². The summed E-state index contributed by atoms with van der Waals surface area (Å²) in [5.41, 5.74) is 0. The van der Waals surface area contributed by atoms with Crippen LogP contribution in [0.5, 0.6) is 0 Å². The SMILES string of the molecule is CC=CC(=O)N1CCC(=O)N(CC=O)CC1. The molecular weight excluding hydrogens is 208 g/mol. The van der Waals surface area contributed by atoms with Gasteiger partial charge in [-0.1, -0.05) is 6.08 Å². The minimum atomic E-state index is -0.0803.